The molecule has 1 aromatic carbocycles. The van der Waals surface area contributed by atoms with Crippen LogP contribution in [0.25, 0.3) is 17.5 Å². The molecule has 26 heavy (non-hydrogen) atoms. The highest BCUT2D eigenvalue weighted by molar-refractivity contribution is 7.71. The zero-order chi connectivity index (χ0) is 18.7. The Balaban J connectivity index is 1.90. The Morgan fingerprint density at radius 1 is 1.23 bits per heavy atom. The fraction of sp³-hybridized carbons (Fsp3) is 0.250. The van der Waals surface area contributed by atoms with Crippen molar-refractivity contribution in [1.82, 2.24) is 14.9 Å². The highest BCUT2D eigenvalue weighted by Crippen LogP contribution is 2.25. The summed E-state index contributed by atoms with van der Waals surface area (Å²) in [4.78, 5) is 0. The quantitative estimate of drug-likeness (QED) is 0.494. The Morgan fingerprint density at radius 2 is 1.96 bits per heavy atom. The number of nitrogens with zero attached hydrogens (tertiary/aromatic N) is 3. The minimum Gasteiger partial charge on any atom is -0.465 e. The first-order valence-corrected chi connectivity index (χ1v) is 8.80. The number of allylic oxidation sites excluding steroid dienone is 1. The van der Waals surface area contributed by atoms with Crippen LogP contribution in [0, 0.1) is 4.77 Å². The van der Waals surface area contributed by atoms with E-state index in [1.54, 1.807) is 17.2 Å². The van der Waals surface area contributed by atoms with Gasteiger partial charge in [0.15, 0.2) is 5.82 Å². The van der Waals surface area contributed by atoms with Crippen LogP contribution in [0.5, 0.6) is 0 Å². The van der Waals surface area contributed by atoms with Crippen molar-refractivity contribution in [2.24, 2.45) is 5.10 Å². The van der Waals surface area contributed by atoms with Gasteiger partial charge in [0.2, 0.25) is 4.77 Å². The van der Waals surface area contributed by atoms with Crippen LogP contribution in [0.2, 0.25) is 0 Å². The number of benzene rings is 1. The lowest BCUT2D eigenvalue weighted by Gasteiger charge is -2.18. The first-order valence-electron chi connectivity index (χ1n) is 8.39. The Labute approximate surface area is 158 Å². The second-order valence-corrected chi connectivity index (χ2v) is 7.53. The Kier molecular flexibility index (Phi) is 5.04. The van der Waals surface area contributed by atoms with E-state index < -0.39 is 0 Å². The first kappa shape index (κ1) is 18.1. The molecule has 3 rings (SSSR count). The van der Waals surface area contributed by atoms with Gasteiger partial charge in [0.25, 0.3) is 0 Å². The van der Waals surface area contributed by atoms with Crippen LogP contribution in [0.15, 0.2) is 57.8 Å². The van der Waals surface area contributed by atoms with E-state index >= 15 is 0 Å². The van der Waals surface area contributed by atoms with E-state index in [0.29, 0.717) is 10.6 Å². The zero-order valence-electron chi connectivity index (χ0n) is 15.4. The van der Waals surface area contributed by atoms with Gasteiger partial charge in [-0.3, -0.25) is 0 Å². The van der Waals surface area contributed by atoms with Gasteiger partial charge in [-0.15, -0.1) is 0 Å². The summed E-state index contributed by atoms with van der Waals surface area (Å²) in [5.74, 6) is 1.46. The molecule has 0 spiro atoms. The number of H-pyrrole nitrogens is 1. The lowest BCUT2D eigenvalue weighted by atomic mass is 9.87. The van der Waals surface area contributed by atoms with E-state index in [-0.39, 0.29) is 5.41 Å². The highest BCUT2D eigenvalue weighted by atomic mass is 32.1. The summed E-state index contributed by atoms with van der Waals surface area (Å²) in [6.45, 7) is 8.52. The molecule has 1 N–H and O–H groups in total. The standard InChI is InChI=1S/C20H22N4OS/c1-14(12-17-6-5-11-25-17)13-21-24-18(22-23-19(24)26)15-7-9-16(10-8-15)20(2,3)4/h5-13H,1-4H3,(H,23,26)/b14-12+,21-13-. The average molecular weight is 366 g/mol. The summed E-state index contributed by atoms with van der Waals surface area (Å²) in [7, 11) is 0. The summed E-state index contributed by atoms with van der Waals surface area (Å²) in [6, 6.07) is 12.1. The van der Waals surface area contributed by atoms with E-state index in [2.05, 4.69) is 48.2 Å². The molecule has 6 heteroatoms. The van der Waals surface area contributed by atoms with Gasteiger partial charge in [0.1, 0.15) is 5.76 Å². The van der Waals surface area contributed by atoms with Gasteiger partial charge < -0.3 is 4.42 Å². The zero-order valence-corrected chi connectivity index (χ0v) is 16.2. The van der Waals surface area contributed by atoms with Crippen molar-refractivity contribution in [1.29, 1.82) is 0 Å². The summed E-state index contributed by atoms with van der Waals surface area (Å²) in [6.07, 6.45) is 5.29. The second-order valence-electron chi connectivity index (χ2n) is 7.14. The van der Waals surface area contributed by atoms with E-state index in [4.69, 9.17) is 16.6 Å². The smallest absolute Gasteiger partial charge is 0.216 e. The van der Waals surface area contributed by atoms with Gasteiger partial charge >= 0.3 is 0 Å². The largest absolute Gasteiger partial charge is 0.465 e. The molecule has 0 aliphatic carbocycles. The van der Waals surface area contributed by atoms with Crippen LogP contribution in [-0.2, 0) is 5.41 Å². The maximum Gasteiger partial charge on any atom is 0.216 e. The maximum atomic E-state index is 5.32. The van der Waals surface area contributed by atoms with E-state index in [9.17, 15) is 0 Å². The molecule has 2 aromatic heterocycles. The first-order chi connectivity index (χ1) is 12.3. The monoisotopic (exact) mass is 366 g/mol. The van der Waals surface area contributed by atoms with Gasteiger partial charge in [0, 0.05) is 5.56 Å². The topological polar surface area (TPSA) is 59.1 Å². The van der Waals surface area contributed by atoms with Gasteiger partial charge in [0.05, 0.1) is 12.5 Å². The minimum absolute atomic E-state index is 0.106. The molecule has 0 saturated heterocycles. The molecule has 0 fully saturated rings. The lowest BCUT2D eigenvalue weighted by molar-refractivity contribution is 0.557. The molecule has 134 valence electrons. The summed E-state index contributed by atoms with van der Waals surface area (Å²) >= 11 is 5.32. The van der Waals surface area contributed by atoms with E-state index in [1.165, 1.54) is 5.56 Å². The molecule has 3 aromatic rings. The molecule has 0 saturated carbocycles. The number of furan rings is 1. The maximum absolute atomic E-state index is 5.32. The third-order valence-electron chi connectivity index (χ3n) is 3.95. The second kappa shape index (κ2) is 7.25. The van der Waals surface area contributed by atoms with Crippen molar-refractivity contribution in [3.63, 3.8) is 0 Å². The molecule has 5 nitrogen and oxygen atoms in total. The number of nitrogens with one attached hydrogen (secondary N) is 1. The van der Waals surface area contributed by atoms with E-state index in [0.717, 1.165) is 16.9 Å². The van der Waals surface area contributed by atoms with Gasteiger partial charge in [-0.05, 0) is 53.9 Å². The third kappa shape index (κ3) is 4.08. The minimum atomic E-state index is 0.106. The number of hydrogen-bond donors (Lipinski definition) is 1. The highest BCUT2D eigenvalue weighted by Gasteiger charge is 2.14. The van der Waals surface area contributed by atoms with Crippen LogP contribution in [0.4, 0.5) is 0 Å². The number of hydrogen-bond acceptors (Lipinski definition) is 4. The van der Waals surface area contributed by atoms with Crippen LogP contribution < -0.4 is 0 Å². The SMILES string of the molecule is CC(/C=N\n1c(-c2ccc(C(C)(C)C)cc2)n[nH]c1=S)=C\c1ccco1. The third-order valence-corrected chi connectivity index (χ3v) is 4.21. The molecule has 2 heterocycles. The van der Waals surface area contributed by atoms with Crippen LogP contribution in [-0.4, -0.2) is 21.1 Å². The fourth-order valence-electron chi connectivity index (χ4n) is 2.49. The number of rotatable bonds is 4. The molecule has 0 radical (unpaired) electrons. The van der Waals surface area contributed by atoms with Gasteiger partial charge in [-0.1, -0.05) is 45.0 Å². The van der Waals surface area contributed by atoms with Crippen molar-refractivity contribution in [3.8, 4) is 11.4 Å². The molecule has 0 atom stereocenters. The van der Waals surface area contributed by atoms with Crippen molar-refractivity contribution in [2.75, 3.05) is 0 Å². The summed E-state index contributed by atoms with van der Waals surface area (Å²) < 4.78 is 7.38. The molecule has 0 aliphatic rings. The predicted molar refractivity (Wildman–Crippen MR) is 108 cm³/mol. The fourth-order valence-corrected chi connectivity index (χ4v) is 2.67. The van der Waals surface area contributed by atoms with E-state index in [1.807, 2.05) is 37.3 Å². The molecular weight excluding hydrogens is 344 g/mol. The van der Waals surface area contributed by atoms with Crippen molar-refractivity contribution < 1.29 is 4.42 Å². The molecular formula is C20H22N4OS. The molecule has 0 aliphatic heterocycles. The van der Waals surface area contributed by atoms with Crippen molar-refractivity contribution in [2.45, 2.75) is 33.1 Å². The van der Waals surface area contributed by atoms with Crippen molar-refractivity contribution >= 4 is 24.5 Å². The van der Waals surface area contributed by atoms with Gasteiger partial charge in [-0.25, -0.2) is 5.10 Å². The van der Waals surface area contributed by atoms with Gasteiger partial charge in [-0.2, -0.15) is 14.9 Å². The Hall–Kier alpha value is -2.73. The number of aromatic nitrogens is 3. The predicted octanol–water partition coefficient (Wildman–Crippen LogP) is 5.44. The summed E-state index contributed by atoms with van der Waals surface area (Å²) in [5.41, 5.74) is 3.27. The average Bonchev–Trinajstić information content (AvgIpc) is 3.22. The van der Waals surface area contributed by atoms with Crippen LogP contribution >= 0.6 is 12.2 Å². The molecule has 0 unspecified atom stereocenters. The number of aromatic amines is 1. The normalized spacial score (nSPS) is 12.8. The Morgan fingerprint density at radius 3 is 2.58 bits per heavy atom. The Bertz CT molecular complexity index is 984. The summed E-state index contributed by atoms with van der Waals surface area (Å²) in [5, 5.41) is 11.6. The van der Waals surface area contributed by atoms with Crippen molar-refractivity contribution in [3.05, 3.63) is 64.3 Å². The van der Waals surface area contributed by atoms with Crippen LogP contribution in [0.3, 0.4) is 0 Å². The molecule has 0 amide bonds. The molecule has 0 bridgehead atoms. The lowest BCUT2D eigenvalue weighted by Crippen LogP contribution is -2.10. The van der Waals surface area contributed by atoms with Crippen LogP contribution in [0.1, 0.15) is 39.0 Å².